The van der Waals surface area contributed by atoms with Crippen LogP contribution in [0.4, 0.5) is 11.4 Å². The van der Waals surface area contributed by atoms with Crippen molar-refractivity contribution in [2.24, 2.45) is 5.73 Å². The zero-order valence-electron chi connectivity index (χ0n) is 12.7. The summed E-state index contributed by atoms with van der Waals surface area (Å²) in [6.07, 6.45) is 7.10. The molecule has 116 valence electrons. The monoisotopic (exact) mass is 306 g/mol. The quantitative estimate of drug-likeness (QED) is 0.765. The molecule has 0 unspecified atom stereocenters. The highest BCUT2D eigenvalue weighted by molar-refractivity contribution is 5.75. The average Bonchev–Trinajstić information content (AvgIpc) is 2.57. The summed E-state index contributed by atoms with van der Waals surface area (Å²) in [7, 11) is 0. The molecule has 3 heterocycles. The van der Waals surface area contributed by atoms with Crippen LogP contribution >= 0.6 is 0 Å². The Balaban J connectivity index is 1.52. The summed E-state index contributed by atoms with van der Waals surface area (Å²) in [4.78, 5) is 15.1. The molecule has 0 saturated carbocycles. The fraction of sp³-hybridized carbons (Fsp3) is 0.235. The Kier molecular flexibility index (Phi) is 3.51. The third-order valence-electron chi connectivity index (χ3n) is 4.07. The molecule has 4 rings (SSSR count). The van der Waals surface area contributed by atoms with Crippen molar-refractivity contribution < 1.29 is 0 Å². The number of fused-ring (bicyclic) bond motifs is 1. The van der Waals surface area contributed by atoms with Crippen molar-refractivity contribution in [3.8, 4) is 0 Å². The number of hydrogen-bond donors (Lipinski definition) is 2. The lowest BCUT2D eigenvalue weighted by Gasteiger charge is -2.39. The van der Waals surface area contributed by atoms with E-state index in [9.17, 15) is 0 Å². The lowest BCUT2D eigenvalue weighted by Crippen LogP contribution is -2.56. The first-order valence-electron chi connectivity index (χ1n) is 7.68. The molecule has 0 aliphatic carbocycles. The van der Waals surface area contributed by atoms with Crippen LogP contribution in [0.15, 0.2) is 49.1 Å². The minimum atomic E-state index is 0.273. The lowest BCUT2D eigenvalue weighted by molar-refractivity contribution is 0.520. The van der Waals surface area contributed by atoms with E-state index in [2.05, 4.69) is 37.3 Å². The van der Waals surface area contributed by atoms with Crippen molar-refractivity contribution in [1.29, 1.82) is 0 Å². The molecule has 1 fully saturated rings. The van der Waals surface area contributed by atoms with Gasteiger partial charge in [-0.2, -0.15) is 0 Å². The number of pyridine rings is 1. The SMILES string of the molecule is NC1CN(c2ccncc2NCc2ccc3nccnc3c2)C1. The minimum Gasteiger partial charge on any atom is -0.378 e. The van der Waals surface area contributed by atoms with E-state index in [1.165, 1.54) is 0 Å². The maximum absolute atomic E-state index is 5.88. The van der Waals surface area contributed by atoms with Crippen molar-refractivity contribution in [2.75, 3.05) is 23.3 Å². The van der Waals surface area contributed by atoms with E-state index in [1.54, 1.807) is 12.4 Å². The molecule has 0 bridgehead atoms. The minimum absolute atomic E-state index is 0.273. The van der Waals surface area contributed by atoms with Gasteiger partial charge >= 0.3 is 0 Å². The van der Waals surface area contributed by atoms with Gasteiger partial charge in [-0.1, -0.05) is 6.07 Å². The van der Waals surface area contributed by atoms with Crippen LogP contribution in [0.2, 0.25) is 0 Å². The molecule has 6 heteroatoms. The first kappa shape index (κ1) is 13.9. The second-order valence-electron chi connectivity index (χ2n) is 5.79. The van der Waals surface area contributed by atoms with Crippen LogP contribution < -0.4 is 16.0 Å². The largest absolute Gasteiger partial charge is 0.378 e. The number of rotatable bonds is 4. The summed E-state index contributed by atoms with van der Waals surface area (Å²) < 4.78 is 0. The van der Waals surface area contributed by atoms with E-state index in [-0.39, 0.29) is 6.04 Å². The highest BCUT2D eigenvalue weighted by atomic mass is 15.2. The van der Waals surface area contributed by atoms with Crippen LogP contribution in [0.3, 0.4) is 0 Å². The predicted octanol–water partition coefficient (Wildman–Crippen LogP) is 1.78. The molecule has 23 heavy (non-hydrogen) atoms. The number of nitrogens with zero attached hydrogens (tertiary/aromatic N) is 4. The van der Waals surface area contributed by atoms with Crippen LogP contribution in [0.5, 0.6) is 0 Å². The number of benzene rings is 1. The molecule has 0 amide bonds. The van der Waals surface area contributed by atoms with Crippen LogP contribution in [0.1, 0.15) is 5.56 Å². The van der Waals surface area contributed by atoms with Gasteiger partial charge in [-0.05, 0) is 23.8 Å². The molecule has 0 atom stereocenters. The number of aromatic nitrogens is 3. The van der Waals surface area contributed by atoms with Crippen LogP contribution in [0, 0.1) is 0 Å². The van der Waals surface area contributed by atoms with Gasteiger partial charge in [0.15, 0.2) is 0 Å². The smallest absolute Gasteiger partial charge is 0.0890 e. The second-order valence-corrected chi connectivity index (χ2v) is 5.79. The highest BCUT2D eigenvalue weighted by Crippen LogP contribution is 2.28. The molecule has 1 aromatic carbocycles. The molecule has 0 radical (unpaired) electrons. The average molecular weight is 306 g/mol. The molecular formula is C17H18N6. The summed E-state index contributed by atoms with van der Waals surface area (Å²) in [5.41, 5.74) is 11.0. The van der Waals surface area contributed by atoms with Crippen molar-refractivity contribution in [1.82, 2.24) is 15.0 Å². The Morgan fingerprint density at radius 3 is 2.74 bits per heavy atom. The number of hydrogen-bond acceptors (Lipinski definition) is 6. The third kappa shape index (κ3) is 2.80. The van der Waals surface area contributed by atoms with Crippen LogP contribution in [-0.4, -0.2) is 34.1 Å². The van der Waals surface area contributed by atoms with Gasteiger partial charge in [0.05, 0.1) is 28.6 Å². The van der Waals surface area contributed by atoms with Gasteiger partial charge in [-0.15, -0.1) is 0 Å². The zero-order chi connectivity index (χ0) is 15.6. The molecule has 6 nitrogen and oxygen atoms in total. The third-order valence-corrected chi connectivity index (χ3v) is 4.07. The van der Waals surface area contributed by atoms with Gasteiger partial charge in [0, 0.05) is 44.3 Å². The lowest BCUT2D eigenvalue weighted by atomic mass is 10.1. The Bertz CT molecular complexity index is 828. The Hall–Kier alpha value is -2.73. The summed E-state index contributed by atoms with van der Waals surface area (Å²) in [5, 5.41) is 3.47. The number of nitrogens with one attached hydrogen (secondary N) is 1. The van der Waals surface area contributed by atoms with E-state index < -0.39 is 0 Å². The van der Waals surface area contributed by atoms with E-state index in [4.69, 9.17) is 5.73 Å². The van der Waals surface area contributed by atoms with Gasteiger partial charge in [0.25, 0.3) is 0 Å². The van der Waals surface area contributed by atoms with Crippen LogP contribution in [0.25, 0.3) is 11.0 Å². The van der Waals surface area contributed by atoms with Crippen molar-refractivity contribution in [2.45, 2.75) is 12.6 Å². The van der Waals surface area contributed by atoms with Gasteiger partial charge < -0.3 is 16.0 Å². The predicted molar refractivity (Wildman–Crippen MR) is 91.3 cm³/mol. The van der Waals surface area contributed by atoms with Gasteiger partial charge in [0.2, 0.25) is 0 Å². The normalized spacial score (nSPS) is 14.7. The fourth-order valence-electron chi connectivity index (χ4n) is 2.82. The summed E-state index contributed by atoms with van der Waals surface area (Å²) in [6.45, 7) is 2.50. The molecule has 1 saturated heterocycles. The Morgan fingerprint density at radius 1 is 1.09 bits per heavy atom. The molecule has 1 aliphatic rings. The van der Waals surface area contributed by atoms with E-state index >= 15 is 0 Å². The van der Waals surface area contributed by atoms with Crippen molar-refractivity contribution in [3.05, 3.63) is 54.6 Å². The molecule has 1 aliphatic heterocycles. The maximum Gasteiger partial charge on any atom is 0.0890 e. The number of nitrogens with two attached hydrogens (primary N) is 1. The fourth-order valence-corrected chi connectivity index (χ4v) is 2.82. The summed E-state index contributed by atoms with van der Waals surface area (Å²) in [6, 6.07) is 8.43. The molecular weight excluding hydrogens is 288 g/mol. The molecule has 3 aromatic rings. The van der Waals surface area contributed by atoms with E-state index in [0.29, 0.717) is 6.54 Å². The molecule has 2 aromatic heterocycles. The standard InChI is InChI=1S/C17H18N6/c18-13-10-23(11-13)17-3-4-19-9-16(17)22-8-12-1-2-14-15(7-12)21-6-5-20-14/h1-7,9,13,22H,8,10-11,18H2. The first-order valence-corrected chi connectivity index (χ1v) is 7.68. The Labute approximate surface area is 134 Å². The van der Waals surface area contributed by atoms with Crippen molar-refractivity contribution in [3.63, 3.8) is 0 Å². The van der Waals surface area contributed by atoms with E-state index in [0.717, 1.165) is 41.1 Å². The molecule has 3 N–H and O–H groups in total. The summed E-state index contributed by atoms with van der Waals surface area (Å²) >= 11 is 0. The second kappa shape index (κ2) is 5.81. The van der Waals surface area contributed by atoms with Gasteiger partial charge in [0.1, 0.15) is 0 Å². The molecule has 0 spiro atoms. The van der Waals surface area contributed by atoms with Gasteiger partial charge in [-0.25, -0.2) is 0 Å². The maximum atomic E-state index is 5.88. The highest BCUT2D eigenvalue weighted by Gasteiger charge is 2.24. The topological polar surface area (TPSA) is 80.0 Å². The number of anilines is 2. The first-order chi connectivity index (χ1) is 11.3. The van der Waals surface area contributed by atoms with E-state index in [1.807, 2.05) is 24.5 Å². The van der Waals surface area contributed by atoms with Crippen LogP contribution in [-0.2, 0) is 6.54 Å². The van der Waals surface area contributed by atoms with Crippen molar-refractivity contribution >= 4 is 22.4 Å². The van der Waals surface area contributed by atoms with Gasteiger partial charge in [-0.3, -0.25) is 15.0 Å². The Morgan fingerprint density at radius 2 is 1.91 bits per heavy atom. The summed E-state index contributed by atoms with van der Waals surface area (Å²) in [5.74, 6) is 0. The zero-order valence-corrected chi connectivity index (χ0v) is 12.7.